The molecule has 2 aromatic heterocycles. The highest BCUT2D eigenvalue weighted by molar-refractivity contribution is 7.13. The Kier molecular flexibility index (Phi) is 5.98. The molecule has 1 aliphatic heterocycles. The van der Waals surface area contributed by atoms with Crippen LogP contribution in [-0.4, -0.2) is 22.6 Å². The zero-order chi connectivity index (χ0) is 22.9. The first-order valence-electron chi connectivity index (χ1n) is 11.4. The molecule has 33 heavy (non-hydrogen) atoms. The molecule has 1 fully saturated rings. The van der Waals surface area contributed by atoms with Crippen molar-refractivity contribution in [2.45, 2.75) is 39.2 Å². The number of pyridine rings is 1. The number of aromatic nitrogens is 2. The maximum Gasteiger partial charge on any atom is 0.199 e. The average Bonchev–Trinajstić information content (AvgIpc) is 3.15. The first kappa shape index (κ1) is 21.8. The molecule has 0 atom stereocenters. The van der Waals surface area contributed by atoms with Gasteiger partial charge in [0.2, 0.25) is 0 Å². The quantitative estimate of drug-likeness (QED) is 0.347. The highest BCUT2D eigenvalue weighted by Gasteiger charge is 2.19. The van der Waals surface area contributed by atoms with E-state index in [9.17, 15) is 9.18 Å². The van der Waals surface area contributed by atoms with Crippen molar-refractivity contribution < 1.29 is 8.78 Å². The van der Waals surface area contributed by atoms with Crippen molar-refractivity contribution in [3.8, 4) is 21.8 Å². The van der Waals surface area contributed by atoms with Crippen molar-refractivity contribution in [1.29, 1.82) is 0 Å². The highest BCUT2D eigenvalue weighted by Crippen LogP contribution is 2.31. The number of rotatable bonds is 4. The monoisotopic (exact) mass is 465 g/mol. The van der Waals surface area contributed by atoms with Gasteiger partial charge in [-0.25, -0.2) is 13.8 Å². The Morgan fingerprint density at radius 3 is 2.45 bits per heavy atom. The van der Waals surface area contributed by atoms with Crippen LogP contribution < -0.4 is 10.3 Å². The van der Waals surface area contributed by atoms with Crippen molar-refractivity contribution in [3.05, 3.63) is 69.8 Å². The van der Waals surface area contributed by atoms with Crippen LogP contribution in [0.25, 0.3) is 32.7 Å². The number of nitrogens with zero attached hydrogens (tertiary/aromatic N) is 3. The van der Waals surface area contributed by atoms with E-state index < -0.39 is 0 Å². The zero-order valence-electron chi connectivity index (χ0n) is 18.5. The lowest BCUT2D eigenvalue weighted by Gasteiger charge is -2.24. The second-order valence-corrected chi connectivity index (χ2v) is 9.28. The van der Waals surface area contributed by atoms with E-state index in [0.29, 0.717) is 33.9 Å². The molecule has 4 nitrogen and oxygen atoms in total. The summed E-state index contributed by atoms with van der Waals surface area (Å²) in [5, 5.41) is 2.79. The lowest BCUT2D eigenvalue weighted by molar-refractivity contribution is 0.618. The number of hydrogen-bond acceptors (Lipinski definition) is 4. The predicted molar refractivity (Wildman–Crippen MR) is 131 cm³/mol. The molecule has 0 unspecified atom stereocenters. The van der Waals surface area contributed by atoms with E-state index in [1.54, 1.807) is 12.1 Å². The van der Waals surface area contributed by atoms with E-state index >= 15 is 4.39 Å². The number of hydrogen-bond donors (Lipinski definition) is 0. The fourth-order valence-corrected chi connectivity index (χ4v) is 5.35. The molecule has 4 aromatic rings. The molecule has 0 aliphatic carbocycles. The van der Waals surface area contributed by atoms with Gasteiger partial charge in [-0.3, -0.25) is 4.79 Å². The minimum absolute atomic E-state index is 0.226. The van der Waals surface area contributed by atoms with Gasteiger partial charge in [-0.15, -0.1) is 11.3 Å². The molecule has 0 bridgehead atoms. The number of aryl methyl sites for hydroxylation is 1. The topological polar surface area (TPSA) is 38.1 Å². The minimum atomic E-state index is -0.354. The second-order valence-electron chi connectivity index (χ2n) is 8.42. The summed E-state index contributed by atoms with van der Waals surface area (Å²) in [7, 11) is 0. The van der Waals surface area contributed by atoms with Gasteiger partial charge < -0.3 is 9.47 Å². The van der Waals surface area contributed by atoms with Gasteiger partial charge in [0.1, 0.15) is 16.6 Å². The van der Waals surface area contributed by atoms with E-state index in [1.165, 1.54) is 42.4 Å². The largest absolute Gasteiger partial charge is 0.369 e. The third-order valence-electron chi connectivity index (χ3n) is 6.31. The number of halogens is 2. The van der Waals surface area contributed by atoms with Crippen LogP contribution in [0.3, 0.4) is 0 Å². The molecular weight excluding hydrogens is 440 g/mol. The second kappa shape index (κ2) is 9.06. The molecule has 0 amide bonds. The SMILES string of the molecule is CCn1cc(-c2nc(-c3ccc(F)cc3)cs2)c(=O)c2cc(F)c(N3CCCCCC3)cc21. The molecule has 0 spiro atoms. The first-order chi connectivity index (χ1) is 16.0. The number of fused-ring (bicyclic) bond motifs is 1. The van der Waals surface area contributed by atoms with Gasteiger partial charge in [0, 0.05) is 42.2 Å². The summed E-state index contributed by atoms with van der Waals surface area (Å²) in [5.41, 5.74) is 3.00. The van der Waals surface area contributed by atoms with Gasteiger partial charge in [0.15, 0.2) is 5.43 Å². The van der Waals surface area contributed by atoms with Crippen LogP contribution >= 0.6 is 11.3 Å². The van der Waals surface area contributed by atoms with Crippen LogP contribution in [0.4, 0.5) is 14.5 Å². The molecule has 0 N–H and O–H groups in total. The molecule has 3 heterocycles. The lowest BCUT2D eigenvalue weighted by Crippen LogP contribution is -2.25. The molecule has 5 rings (SSSR count). The summed E-state index contributed by atoms with van der Waals surface area (Å²) in [5.74, 6) is -0.663. The fourth-order valence-electron chi connectivity index (χ4n) is 4.52. The van der Waals surface area contributed by atoms with E-state index in [0.717, 1.165) is 37.0 Å². The van der Waals surface area contributed by atoms with E-state index in [4.69, 9.17) is 0 Å². The third kappa shape index (κ3) is 4.17. The standard InChI is InChI=1S/C26H25F2N3OS/c1-2-30-15-20(26-29-22(16-33-26)17-7-9-18(27)10-8-17)25(32)19-13-21(28)24(14-23(19)30)31-11-5-3-4-6-12-31/h7-10,13-16H,2-6,11-12H2,1H3. The summed E-state index contributed by atoms with van der Waals surface area (Å²) < 4.78 is 30.5. The zero-order valence-corrected chi connectivity index (χ0v) is 19.3. The molecule has 1 aliphatic rings. The molecule has 7 heteroatoms. The third-order valence-corrected chi connectivity index (χ3v) is 7.19. The highest BCUT2D eigenvalue weighted by atomic mass is 32.1. The Hall–Kier alpha value is -3.06. The number of anilines is 1. The van der Waals surface area contributed by atoms with Crippen LogP contribution in [-0.2, 0) is 6.54 Å². The van der Waals surface area contributed by atoms with Gasteiger partial charge in [-0.05, 0) is 56.2 Å². The van der Waals surface area contributed by atoms with Gasteiger partial charge in [-0.1, -0.05) is 12.8 Å². The van der Waals surface area contributed by atoms with E-state index in [-0.39, 0.29) is 17.1 Å². The van der Waals surface area contributed by atoms with Crippen molar-refractivity contribution in [3.63, 3.8) is 0 Å². The number of thiazole rings is 1. The molecule has 0 radical (unpaired) electrons. The lowest BCUT2D eigenvalue weighted by atomic mass is 10.1. The van der Waals surface area contributed by atoms with Crippen molar-refractivity contribution in [2.75, 3.05) is 18.0 Å². The predicted octanol–water partition coefficient (Wildman–Crippen LogP) is 6.47. The molecule has 1 saturated heterocycles. The summed E-state index contributed by atoms with van der Waals surface area (Å²) >= 11 is 1.36. The van der Waals surface area contributed by atoms with Crippen molar-refractivity contribution in [1.82, 2.24) is 9.55 Å². The van der Waals surface area contributed by atoms with Crippen LogP contribution in [0.5, 0.6) is 0 Å². The van der Waals surface area contributed by atoms with E-state index in [1.807, 2.05) is 29.1 Å². The molecule has 170 valence electrons. The van der Waals surface area contributed by atoms with Gasteiger partial charge in [0.25, 0.3) is 0 Å². The summed E-state index contributed by atoms with van der Waals surface area (Å²) in [4.78, 5) is 20.1. The molecule has 0 saturated carbocycles. The Balaban J connectivity index is 1.60. The minimum Gasteiger partial charge on any atom is -0.369 e. The van der Waals surface area contributed by atoms with Crippen LogP contribution in [0.2, 0.25) is 0 Å². The first-order valence-corrected chi connectivity index (χ1v) is 12.3. The van der Waals surface area contributed by atoms with Gasteiger partial charge in [0.05, 0.1) is 22.5 Å². The Labute approximate surface area is 195 Å². The van der Waals surface area contributed by atoms with Gasteiger partial charge in [-0.2, -0.15) is 0 Å². The number of benzene rings is 2. The molecular formula is C26H25F2N3OS. The Morgan fingerprint density at radius 1 is 1.03 bits per heavy atom. The average molecular weight is 466 g/mol. The van der Waals surface area contributed by atoms with E-state index in [2.05, 4.69) is 9.88 Å². The smallest absolute Gasteiger partial charge is 0.199 e. The van der Waals surface area contributed by atoms with Gasteiger partial charge >= 0.3 is 0 Å². The summed E-state index contributed by atoms with van der Waals surface area (Å²) in [6, 6.07) is 9.33. The van der Waals surface area contributed by atoms with Crippen LogP contribution in [0.15, 0.2) is 52.8 Å². The summed E-state index contributed by atoms with van der Waals surface area (Å²) in [6.07, 6.45) is 6.27. The van der Waals surface area contributed by atoms with Crippen LogP contribution in [0, 0.1) is 11.6 Å². The summed E-state index contributed by atoms with van der Waals surface area (Å²) in [6.45, 7) is 4.32. The van der Waals surface area contributed by atoms with Crippen molar-refractivity contribution >= 4 is 27.9 Å². The fraction of sp³-hybridized carbons (Fsp3) is 0.308. The normalized spacial score (nSPS) is 14.6. The van der Waals surface area contributed by atoms with Crippen LogP contribution in [0.1, 0.15) is 32.6 Å². The Morgan fingerprint density at radius 2 is 1.76 bits per heavy atom. The Bertz CT molecular complexity index is 1350. The maximum absolute atomic E-state index is 15.2. The molecule has 2 aromatic carbocycles. The van der Waals surface area contributed by atoms with Crippen molar-refractivity contribution in [2.24, 2.45) is 0 Å². The maximum atomic E-state index is 15.2.